The maximum absolute atomic E-state index is 5.33. The molecular weight excluding hydrogens is 240 g/mol. The quantitative estimate of drug-likeness (QED) is 0.847. The Hall–Kier alpha value is -1.62. The van der Waals surface area contributed by atoms with Crippen molar-refractivity contribution in [2.24, 2.45) is 0 Å². The van der Waals surface area contributed by atoms with Gasteiger partial charge >= 0.3 is 0 Å². The zero-order valence-corrected chi connectivity index (χ0v) is 11.5. The van der Waals surface area contributed by atoms with Crippen LogP contribution in [0.4, 0.5) is 0 Å². The van der Waals surface area contributed by atoms with Gasteiger partial charge in [0.05, 0.1) is 6.54 Å². The van der Waals surface area contributed by atoms with Crippen LogP contribution < -0.4 is 0 Å². The summed E-state index contributed by atoms with van der Waals surface area (Å²) in [6.07, 6.45) is 4.09. The maximum atomic E-state index is 5.33. The molecule has 0 spiro atoms. The Bertz CT molecular complexity index is 545. The first-order chi connectivity index (χ1) is 9.28. The summed E-state index contributed by atoms with van der Waals surface area (Å²) in [5.41, 5.74) is 1.36. The lowest BCUT2D eigenvalue weighted by Crippen LogP contribution is -2.35. The fourth-order valence-corrected chi connectivity index (χ4v) is 2.70. The van der Waals surface area contributed by atoms with E-state index in [9.17, 15) is 0 Å². The third-order valence-corrected chi connectivity index (χ3v) is 3.79. The van der Waals surface area contributed by atoms with Crippen LogP contribution in [-0.4, -0.2) is 26.2 Å². The minimum absolute atomic E-state index is 0.394. The molecule has 1 aliphatic rings. The minimum atomic E-state index is 0.394. The van der Waals surface area contributed by atoms with Gasteiger partial charge in [-0.15, -0.1) is 0 Å². The van der Waals surface area contributed by atoms with E-state index < -0.39 is 0 Å². The third-order valence-electron chi connectivity index (χ3n) is 3.79. The van der Waals surface area contributed by atoms with Crippen LogP contribution in [0.3, 0.4) is 0 Å². The van der Waals surface area contributed by atoms with Gasteiger partial charge < -0.3 is 9.09 Å². The van der Waals surface area contributed by atoms with Crippen molar-refractivity contribution in [3.63, 3.8) is 0 Å². The van der Waals surface area contributed by atoms with E-state index in [1.807, 2.05) is 0 Å². The van der Waals surface area contributed by atoms with Gasteiger partial charge in [0.1, 0.15) is 0 Å². The fraction of sp³-hybridized carbons (Fsp3) is 0.571. The minimum Gasteiger partial charge on any atom is -0.349 e. The second-order valence-corrected chi connectivity index (χ2v) is 5.13. The number of hydrogen-bond donors (Lipinski definition) is 0. The highest BCUT2D eigenvalue weighted by Crippen LogP contribution is 2.26. The number of nitrogens with zero attached hydrogens (tertiary/aromatic N) is 4. The molecule has 0 bridgehead atoms. The average molecular weight is 260 g/mol. The summed E-state index contributed by atoms with van der Waals surface area (Å²) in [5.74, 6) is 1.56. The van der Waals surface area contributed by atoms with Gasteiger partial charge in [0, 0.05) is 37.4 Å². The van der Waals surface area contributed by atoms with Gasteiger partial charge in [-0.3, -0.25) is 4.90 Å². The van der Waals surface area contributed by atoms with Gasteiger partial charge in [-0.05, 0) is 25.5 Å². The van der Waals surface area contributed by atoms with Crippen molar-refractivity contribution >= 4 is 0 Å². The first-order valence-corrected chi connectivity index (χ1v) is 6.98. The highest BCUT2D eigenvalue weighted by Gasteiger charge is 2.24. The van der Waals surface area contributed by atoms with Crippen LogP contribution in [0, 0.1) is 0 Å². The summed E-state index contributed by atoms with van der Waals surface area (Å²) in [7, 11) is 0. The monoisotopic (exact) mass is 260 g/mol. The van der Waals surface area contributed by atoms with E-state index in [0.717, 1.165) is 44.2 Å². The van der Waals surface area contributed by atoms with Gasteiger partial charge in [0.25, 0.3) is 0 Å². The molecule has 1 atom stereocenters. The molecule has 2 aromatic rings. The van der Waals surface area contributed by atoms with Crippen LogP contribution in [-0.2, 0) is 19.5 Å². The van der Waals surface area contributed by atoms with E-state index in [-0.39, 0.29) is 0 Å². The molecule has 5 heteroatoms. The zero-order valence-electron chi connectivity index (χ0n) is 11.5. The van der Waals surface area contributed by atoms with E-state index in [4.69, 9.17) is 4.52 Å². The molecule has 0 fully saturated rings. The number of aryl methyl sites for hydroxylation is 1. The predicted molar refractivity (Wildman–Crippen MR) is 71.6 cm³/mol. The molecule has 102 valence electrons. The molecule has 1 aliphatic heterocycles. The number of rotatable bonds is 4. The SMILES string of the molecule is CCCc1noc(CN2CCn3cccc3[C@H]2C)n1. The van der Waals surface area contributed by atoms with Crippen molar-refractivity contribution in [2.45, 2.75) is 45.8 Å². The highest BCUT2D eigenvalue weighted by atomic mass is 16.5. The lowest BCUT2D eigenvalue weighted by atomic mass is 10.1. The van der Waals surface area contributed by atoms with Crippen LogP contribution in [0.5, 0.6) is 0 Å². The average Bonchev–Trinajstić information content (AvgIpc) is 3.03. The van der Waals surface area contributed by atoms with E-state index >= 15 is 0 Å². The molecule has 0 saturated heterocycles. The van der Waals surface area contributed by atoms with E-state index in [1.165, 1.54) is 5.69 Å². The van der Waals surface area contributed by atoms with E-state index in [1.54, 1.807) is 0 Å². The molecule has 0 amide bonds. The van der Waals surface area contributed by atoms with Gasteiger partial charge in [0.2, 0.25) is 5.89 Å². The van der Waals surface area contributed by atoms with Gasteiger partial charge in [-0.25, -0.2) is 0 Å². The first-order valence-electron chi connectivity index (χ1n) is 6.98. The second-order valence-electron chi connectivity index (χ2n) is 5.13. The Kier molecular flexibility index (Phi) is 3.38. The largest absolute Gasteiger partial charge is 0.349 e. The molecule has 3 heterocycles. The number of aromatic nitrogens is 3. The van der Waals surface area contributed by atoms with Crippen LogP contribution >= 0.6 is 0 Å². The molecule has 0 radical (unpaired) electrons. The van der Waals surface area contributed by atoms with Gasteiger partial charge in [-0.1, -0.05) is 12.1 Å². The van der Waals surface area contributed by atoms with Crippen molar-refractivity contribution in [3.8, 4) is 0 Å². The lowest BCUT2D eigenvalue weighted by Gasteiger charge is -2.33. The Morgan fingerprint density at radius 1 is 1.42 bits per heavy atom. The molecule has 0 aromatic carbocycles. The normalized spacial score (nSPS) is 19.6. The molecule has 0 saturated carbocycles. The second kappa shape index (κ2) is 5.17. The Balaban J connectivity index is 1.70. The van der Waals surface area contributed by atoms with Gasteiger partial charge in [-0.2, -0.15) is 4.98 Å². The van der Waals surface area contributed by atoms with Crippen LogP contribution in [0.1, 0.15) is 43.7 Å². The molecule has 0 aliphatic carbocycles. The number of hydrogen-bond acceptors (Lipinski definition) is 4. The van der Waals surface area contributed by atoms with Crippen LogP contribution in [0.15, 0.2) is 22.9 Å². The van der Waals surface area contributed by atoms with Crippen molar-refractivity contribution in [1.82, 2.24) is 19.6 Å². The molecule has 19 heavy (non-hydrogen) atoms. The summed E-state index contributed by atoms with van der Waals surface area (Å²) in [6, 6.07) is 4.69. The Morgan fingerprint density at radius 2 is 2.32 bits per heavy atom. The molecule has 0 unspecified atom stereocenters. The summed E-state index contributed by atoms with van der Waals surface area (Å²) >= 11 is 0. The van der Waals surface area contributed by atoms with Crippen molar-refractivity contribution in [2.75, 3.05) is 6.54 Å². The van der Waals surface area contributed by atoms with Crippen molar-refractivity contribution in [1.29, 1.82) is 0 Å². The van der Waals surface area contributed by atoms with Crippen LogP contribution in [0.25, 0.3) is 0 Å². The van der Waals surface area contributed by atoms with Crippen LogP contribution in [0.2, 0.25) is 0 Å². The first kappa shape index (κ1) is 12.4. The summed E-state index contributed by atoms with van der Waals surface area (Å²) < 4.78 is 7.65. The summed E-state index contributed by atoms with van der Waals surface area (Å²) in [5, 5.41) is 4.01. The van der Waals surface area contributed by atoms with E-state index in [0.29, 0.717) is 6.04 Å². The Labute approximate surface area is 113 Å². The molecule has 5 nitrogen and oxygen atoms in total. The zero-order chi connectivity index (χ0) is 13.2. The maximum Gasteiger partial charge on any atom is 0.240 e. The summed E-state index contributed by atoms with van der Waals surface area (Å²) in [6.45, 7) is 7.14. The topological polar surface area (TPSA) is 47.1 Å². The van der Waals surface area contributed by atoms with Crippen molar-refractivity contribution < 1.29 is 4.52 Å². The number of fused-ring (bicyclic) bond motifs is 1. The molecule has 2 aromatic heterocycles. The molecular formula is C14H20N4O. The smallest absolute Gasteiger partial charge is 0.240 e. The lowest BCUT2D eigenvalue weighted by molar-refractivity contribution is 0.141. The van der Waals surface area contributed by atoms with Gasteiger partial charge in [0.15, 0.2) is 5.82 Å². The predicted octanol–water partition coefficient (Wildman–Crippen LogP) is 2.40. The third kappa shape index (κ3) is 2.42. The van der Waals surface area contributed by atoms with E-state index in [2.05, 4.69) is 51.8 Å². The standard InChI is InChI=1S/C14H20N4O/c1-3-5-13-15-14(19-16-13)10-18-9-8-17-7-4-6-12(17)11(18)2/h4,6-7,11H,3,5,8-10H2,1-2H3/t11-/m1/s1. The Morgan fingerprint density at radius 3 is 3.16 bits per heavy atom. The molecule has 0 N–H and O–H groups in total. The fourth-order valence-electron chi connectivity index (χ4n) is 2.70. The van der Waals surface area contributed by atoms with Crippen molar-refractivity contribution in [3.05, 3.63) is 35.7 Å². The molecule has 3 rings (SSSR count). The highest BCUT2D eigenvalue weighted by molar-refractivity contribution is 5.13. The summed E-state index contributed by atoms with van der Waals surface area (Å²) in [4.78, 5) is 6.83.